The Bertz CT molecular complexity index is 1280. The fourth-order valence-electron chi connectivity index (χ4n) is 4.71. The fraction of sp³-hybridized carbons (Fsp3) is 0.367. The molecule has 0 saturated carbocycles. The predicted molar refractivity (Wildman–Crippen MR) is 155 cm³/mol. The van der Waals surface area contributed by atoms with Gasteiger partial charge in [-0.25, -0.2) is 0 Å². The number of guanidine groups is 1. The molecule has 4 rings (SSSR count). The number of phenols is 1. The van der Waals surface area contributed by atoms with Crippen LogP contribution >= 0.6 is 12.4 Å². The molecule has 0 amide bonds. The molecule has 3 aromatic carbocycles. The summed E-state index contributed by atoms with van der Waals surface area (Å²) in [5.74, 6) is 2.77. The molecule has 0 bridgehead atoms. The van der Waals surface area contributed by atoms with E-state index in [-0.39, 0.29) is 24.0 Å². The number of fused-ring (bicyclic) bond motifs is 1. The van der Waals surface area contributed by atoms with Gasteiger partial charge in [0, 0.05) is 30.2 Å². The van der Waals surface area contributed by atoms with E-state index in [4.69, 9.17) is 25.4 Å². The number of ether oxygens (including phenoxy) is 3. The summed E-state index contributed by atoms with van der Waals surface area (Å²) < 4.78 is 18.4. The van der Waals surface area contributed by atoms with Gasteiger partial charge < -0.3 is 30.4 Å². The highest BCUT2D eigenvalue weighted by Crippen LogP contribution is 2.44. The van der Waals surface area contributed by atoms with Crippen LogP contribution in [0, 0.1) is 26.2 Å². The maximum atomic E-state index is 10.4. The molecular weight excluding hydrogens is 502 g/mol. The molecule has 8 heteroatoms. The van der Waals surface area contributed by atoms with Crippen LogP contribution in [0.1, 0.15) is 47.6 Å². The summed E-state index contributed by atoms with van der Waals surface area (Å²) in [7, 11) is 0. The number of halogens is 1. The molecular formula is C30H38ClN3O4. The van der Waals surface area contributed by atoms with Gasteiger partial charge in [-0.05, 0) is 87.1 Å². The van der Waals surface area contributed by atoms with E-state index in [1.54, 1.807) is 0 Å². The number of nitrogens with one attached hydrogen (secondary N) is 2. The van der Waals surface area contributed by atoms with Gasteiger partial charge in [-0.1, -0.05) is 18.2 Å². The van der Waals surface area contributed by atoms with E-state index in [0.717, 1.165) is 76.4 Å². The molecule has 3 aromatic rings. The second kappa shape index (κ2) is 12.3. The number of rotatable bonds is 9. The van der Waals surface area contributed by atoms with Gasteiger partial charge in [0.1, 0.15) is 28.6 Å². The van der Waals surface area contributed by atoms with Gasteiger partial charge in [0.15, 0.2) is 5.96 Å². The largest absolute Gasteiger partial charge is 0.507 e. The minimum Gasteiger partial charge on any atom is -0.507 e. The standard InChI is InChI=1S/C30H37N3O4.ClH/c1-19-20(2)28-26(21(3)27(19)34)12-14-30(4,37-28)15-17-36-24-10-8-22(9-11-24)13-16-35-25-7-5-6-23(18-25)33-29(31)32;/h5-11,18,34H,12-17H2,1-4H3,(H4,31,32,33);1H. The number of phenolic OH excluding ortho intramolecular Hbond substituents is 1. The van der Waals surface area contributed by atoms with Crippen molar-refractivity contribution in [1.82, 2.24) is 0 Å². The molecule has 0 saturated heterocycles. The lowest BCUT2D eigenvalue weighted by molar-refractivity contribution is 0.0411. The maximum absolute atomic E-state index is 10.4. The number of aromatic hydroxyl groups is 1. The number of hydrogen-bond acceptors (Lipinski definition) is 5. The van der Waals surface area contributed by atoms with Crippen LogP contribution < -0.4 is 25.3 Å². The SMILES string of the molecule is Cc1c(C)c2c(c(C)c1O)CCC(C)(CCOc1ccc(CCOc3cccc(NC(=N)N)c3)cc1)O2.Cl. The van der Waals surface area contributed by atoms with Gasteiger partial charge in [-0.15, -0.1) is 12.4 Å². The average molecular weight is 540 g/mol. The van der Waals surface area contributed by atoms with E-state index in [9.17, 15) is 5.11 Å². The molecule has 1 aliphatic rings. The number of hydrogen-bond donors (Lipinski definition) is 4. The summed E-state index contributed by atoms with van der Waals surface area (Å²) in [6, 6.07) is 15.5. The van der Waals surface area contributed by atoms with Crippen LogP contribution in [0.25, 0.3) is 0 Å². The molecule has 0 spiro atoms. The molecule has 0 fully saturated rings. The Morgan fingerprint density at radius 3 is 2.45 bits per heavy atom. The first-order chi connectivity index (χ1) is 17.6. The van der Waals surface area contributed by atoms with Crippen molar-refractivity contribution < 1.29 is 19.3 Å². The summed E-state index contributed by atoms with van der Waals surface area (Å²) in [4.78, 5) is 0. The first-order valence-corrected chi connectivity index (χ1v) is 12.7. The van der Waals surface area contributed by atoms with Crippen molar-refractivity contribution in [2.24, 2.45) is 5.73 Å². The Balaban J connectivity index is 0.00000400. The predicted octanol–water partition coefficient (Wildman–Crippen LogP) is 6.22. The third-order valence-electron chi connectivity index (χ3n) is 7.19. The van der Waals surface area contributed by atoms with Crippen molar-refractivity contribution in [1.29, 1.82) is 5.41 Å². The summed E-state index contributed by atoms with van der Waals surface area (Å²) >= 11 is 0. The topological polar surface area (TPSA) is 110 Å². The molecule has 0 aromatic heterocycles. The minimum absolute atomic E-state index is 0. The van der Waals surface area contributed by atoms with Gasteiger partial charge in [-0.2, -0.15) is 0 Å². The summed E-state index contributed by atoms with van der Waals surface area (Å²) in [5, 5.41) is 20.5. The molecule has 38 heavy (non-hydrogen) atoms. The quantitative estimate of drug-likeness (QED) is 0.190. The zero-order valence-electron chi connectivity index (χ0n) is 22.5. The van der Waals surface area contributed by atoms with Crippen molar-refractivity contribution >= 4 is 24.1 Å². The Labute approximate surface area is 231 Å². The first-order valence-electron chi connectivity index (χ1n) is 12.7. The van der Waals surface area contributed by atoms with Crippen molar-refractivity contribution in [3.05, 3.63) is 76.3 Å². The van der Waals surface area contributed by atoms with Crippen LogP contribution in [0.2, 0.25) is 0 Å². The van der Waals surface area contributed by atoms with E-state index < -0.39 is 0 Å². The second-order valence-electron chi connectivity index (χ2n) is 9.99. The van der Waals surface area contributed by atoms with Gasteiger partial charge >= 0.3 is 0 Å². The molecule has 0 aliphatic carbocycles. The highest BCUT2D eigenvalue weighted by atomic mass is 35.5. The summed E-state index contributed by atoms with van der Waals surface area (Å²) in [6.45, 7) is 9.18. The van der Waals surface area contributed by atoms with Crippen LogP contribution in [0.5, 0.6) is 23.0 Å². The first kappa shape index (κ1) is 29.0. The molecule has 1 atom stereocenters. The maximum Gasteiger partial charge on any atom is 0.190 e. The number of anilines is 1. The van der Waals surface area contributed by atoms with Gasteiger partial charge in [0.05, 0.1) is 13.2 Å². The highest BCUT2D eigenvalue weighted by molar-refractivity contribution is 5.89. The lowest BCUT2D eigenvalue weighted by atomic mass is 9.86. The third kappa shape index (κ3) is 6.84. The van der Waals surface area contributed by atoms with Crippen LogP contribution in [-0.4, -0.2) is 29.9 Å². The van der Waals surface area contributed by atoms with E-state index in [1.165, 1.54) is 0 Å². The van der Waals surface area contributed by atoms with Gasteiger partial charge in [0.25, 0.3) is 0 Å². The number of nitrogens with two attached hydrogens (primary N) is 1. The van der Waals surface area contributed by atoms with Gasteiger partial charge in [-0.3, -0.25) is 5.41 Å². The second-order valence-corrected chi connectivity index (χ2v) is 9.99. The Morgan fingerprint density at radius 1 is 1.03 bits per heavy atom. The minimum atomic E-state index is -0.303. The van der Waals surface area contributed by atoms with E-state index in [2.05, 4.69) is 24.4 Å². The van der Waals surface area contributed by atoms with E-state index in [0.29, 0.717) is 19.0 Å². The lowest BCUT2D eigenvalue weighted by Gasteiger charge is -2.38. The van der Waals surface area contributed by atoms with Crippen molar-refractivity contribution in [3.63, 3.8) is 0 Å². The van der Waals surface area contributed by atoms with E-state index >= 15 is 0 Å². The molecule has 7 nitrogen and oxygen atoms in total. The zero-order valence-corrected chi connectivity index (χ0v) is 23.3. The fourth-order valence-corrected chi connectivity index (χ4v) is 4.71. The summed E-state index contributed by atoms with van der Waals surface area (Å²) in [6.07, 6.45) is 3.32. The molecule has 5 N–H and O–H groups in total. The Kier molecular flexibility index (Phi) is 9.39. The summed E-state index contributed by atoms with van der Waals surface area (Å²) in [5.41, 5.74) is 10.9. The average Bonchev–Trinajstić information content (AvgIpc) is 2.87. The van der Waals surface area contributed by atoms with Crippen molar-refractivity contribution in [2.75, 3.05) is 18.5 Å². The molecule has 0 radical (unpaired) electrons. The van der Waals surface area contributed by atoms with Gasteiger partial charge in [0.2, 0.25) is 0 Å². The normalized spacial score (nSPS) is 16.0. The smallest absolute Gasteiger partial charge is 0.190 e. The number of benzene rings is 3. The molecule has 1 unspecified atom stereocenters. The monoisotopic (exact) mass is 539 g/mol. The van der Waals surface area contributed by atoms with Crippen LogP contribution in [0.15, 0.2) is 48.5 Å². The van der Waals surface area contributed by atoms with Crippen LogP contribution in [0.4, 0.5) is 5.69 Å². The van der Waals surface area contributed by atoms with Crippen LogP contribution in [0.3, 0.4) is 0 Å². The van der Waals surface area contributed by atoms with Crippen molar-refractivity contribution in [2.45, 2.75) is 59.0 Å². The highest BCUT2D eigenvalue weighted by Gasteiger charge is 2.34. The van der Waals surface area contributed by atoms with Crippen molar-refractivity contribution in [3.8, 4) is 23.0 Å². The molecule has 1 heterocycles. The zero-order chi connectivity index (χ0) is 26.6. The Hall–Kier alpha value is -3.58. The Morgan fingerprint density at radius 2 is 1.74 bits per heavy atom. The lowest BCUT2D eigenvalue weighted by Crippen LogP contribution is -2.38. The van der Waals surface area contributed by atoms with E-state index in [1.807, 2.05) is 57.2 Å². The third-order valence-corrected chi connectivity index (χ3v) is 7.19. The molecule has 1 aliphatic heterocycles. The van der Waals surface area contributed by atoms with Crippen LogP contribution in [-0.2, 0) is 12.8 Å². The molecule has 204 valence electrons.